The van der Waals surface area contributed by atoms with Gasteiger partial charge in [-0.3, -0.25) is 0 Å². The molecule has 230 valence electrons. The van der Waals surface area contributed by atoms with E-state index in [0.717, 1.165) is 33.9 Å². The van der Waals surface area contributed by atoms with Gasteiger partial charge in [-0.2, -0.15) is 0 Å². The predicted molar refractivity (Wildman–Crippen MR) is 187 cm³/mol. The lowest BCUT2D eigenvalue weighted by Crippen LogP contribution is -3.11. The quantitative estimate of drug-likeness (QED) is 0.129. The number of isothiocyanates is 1. The molecule has 42 heavy (non-hydrogen) atoms. The van der Waals surface area contributed by atoms with Gasteiger partial charge in [-0.1, -0.05) is 48.6 Å². The molecule has 0 aliphatic heterocycles. The molecule has 0 saturated heterocycles. The van der Waals surface area contributed by atoms with Gasteiger partial charge in [0.05, 0.1) is 52.7 Å². The molecule has 0 aliphatic rings. The minimum atomic E-state index is 0.510. The Morgan fingerprint density at radius 1 is 0.762 bits per heavy atom. The van der Waals surface area contributed by atoms with Gasteiger partial charge < -0.3 is 30.2 Å². The third-order valence-electron chi connectivity index (χ3n) is 5.98. The molecule has 0 amide bonds. The van der Waals surface area contributed by atoms with Gasteiger partial charge in [0, 0.05) is 13.1 Å². The molecule has 0 aromatic heterocycles. The van der Waals surface area contributed by atoms with Crippen LogP contribution < -0.4 is 30.2 Å². The van der Waals surface area contributed by atoms with Gasteiger partial charge in [0.25, 0.3) is 0 Å². The van der Waals surface area contributed by atoms with Gasteiger partial charge in [-0.15, -0.1) is 12.6 Å². The molecule has 10 heteroatoms. The normalized spacial score (nSPS) is 9.36. The van der Waals surface area contributed by atoms with Crippen LogP contribution in [-0.2, 0) is 19.6 Å². The summed E-state index contributed by atoms with van der Waals surface area (Å²) in [7, 11) is 4.94. The van der Waals surface area contributed by atoms with Crippen molar-refractivity contribution in [2.75, 3.05) is 41.0 Å². The van der Waals surface area contributed by atoms with Crippen molar-refractivity contribution in [3.05, 3.63) is 89.5 Å². The fourth-order valence-corrected chi connectivity index (χ4v) is 3.50. The number of hydrogen-bond acceptors (Lipinski definition) is 7. The van der Waals surface area contributed by atoms with Crippen molar-refractivity contribution in [2.24, 2.45) is 10.7 Å². The Kier molecular flexibility index (Phi) is 23.9. The smallest absolute Gasteiger partial charge is 0.130 e. The molecule has 0 unspecified atom stereocenters. The van der Waals surface area contributed by atoms with E-state index in [1.54, 1.807) is 26.2 Å². The first-order chi connectivity index (χ1) is 20.3. The van der Waals surface area contributed by atoms with E-state index in [-0.39, 0.29) is 0 Å². The van der Waals surface area contributed by atoms with Crippen LogP contribution in [0.15, 0.2) is 77.8 Å². The van der Waals surface area contributed by atoms with E-state index in [9.17, 15) is 0 Å². The molecule has 0 aliphatic carbocycles. The lowest BCUT2D eigenvalue weighted by molar-refractivity contribution is -0.894. The third kappa shape index (κ3) is 19.2. The first kappa shape index (κ1) is 39.0. The highest BCUT2D eigenvalue weighted by atomic mass is 32.1. The second-order valence-corrected chi connectivity index (χ2v) is 9.97. The molecule has 0 bridgehead atoms. The molecule has 3 aromatic rings. The first-order valence-corrected chi connectivity index (χ1v) is 15.0. The number of benzene rings is 3. The van der Waals surface area contributed by atoms with Crippen LogP contribution in [0.1, 0.15) is 37.5 Å². The number of nitrogens with one attached hydrogen (secondary N) is 2. The highest BCUT2D eigenvalue weighted by Gasteiger charge is 1.95. The average Bonchev–Trinajstić information content (AvgIpc) is 3.05. The van der Waals surface area contributed by atoms with Crippen LogP contribution in [0.4, 0.5) is 0 Å². The number of thiocarbonyl (C=S) groups is 2. The highest BCUT2D eigenvalue weighted by Crippen LogP contribution is 2.12. The maximum absolute atomic E-state index is 5.40. The molecule has 0 spiro atoms. The Labute approximate surface area is 268 Å². The third-order valence-corrected chi connectivity index (χ3v) is 6.41. The molecule has 0 atom stereocenters. The second kappa shape index (κ2) is 25.7. The number of methoxy groups -OCH3 is 3. The summed E-state index contributed by atoms with van der Waals surface area (Å²) in [5, 5.41) is 5.28. The Hall–Kier alpha value is -2.98. The van der Waals surface area contributed by atoms with E-state index in [1.165, 1.54) is 19.6 Å². The zero-order valence-corrected chi connectivity index (χ0v) is 28.2. The average molecular weight is 632 g/mol. The van der Waals surface area contributed by atoms with E-state index < -0.39 is 0 Å². The largest absolute Gasteiger partial charge is 0.497 e. The van der Waals surface area contributed by atoms with Crippen molar-refractivity contribution in [3.8, 4) is 17.2 Å². The minimum Gasteiger partial charge on any atom is -0.497 e. The van der Waals surface area contributed by atoms with Gasteiger partial charge in [0.15, 0.2) is 0 Å². The number of ether oxygens (including phenoxy) is 3. The molecular weight excluding hydrogens is 585 g/mol. The Morgan fingerprint density at radius 2 is 1.14 bits per heavy atom. The van der Waals surface area contributed by atoms with Crippen LogP contribution in [0.25, 0.3) is 0 Å². The van der Waals surface area contributed by atoms with E-state index in [0.29, 0.717) is 24.0 Å². The van der Waals surface area contributed by atoms with Crippen molar-refractivity contribution in [3.63, 3.8) is 0 Å². The van der Waals surface area contributed by atoms with Crippen LogP contribution in [0, 0.1) is 0 Å². The van der Waals surface area contributed by atoms with E-state index >= 15 is 0 Å². The van der Waals surface area contributed by atoms with E-state index in [1.807, 2.05) is 72.8 Å². The molecule has 0 fully saturated rings. The summed E-state index contributed by atoms with van der Waals surface area (Å²) in [6.07, 6.45) is 0. The lowest BCUT2D eigenvalue weighted by atomic mass is 10.2. The van der Waals surface area contributed by atoms with Crippen LogP contribution in [0.5, 0.6) is 17.2 Å². The molecule has 0 radical (unpaired) electrons. The highest BCUT2D eigenvalue weighted by molar-refractivity contribution is 8.11. The zero-order valence-electron chi connectivity index (χ0n) is 25.7. The standard InChI is InChI=1S/C9H11NOS2.C9H9NOS.C8H11NO.C6H15N/c1-11-8-4-2-7(3-5-8)6-10-9(12)13;1-11-9-4-2-8(3-5-9)6-10-7-12;1-10-8-4-2-7(6-9)3-5-8;1-4-7(5-2)6-3/h2-5H,6H2,1H3,(H2,10,12,13);2-5H,6H2,1H3;2-5H,6,9H2,1H3;4-6H2,1-3H3/p+1. The summed E-state index contributed by atoms with van der Waals surface area (Å²) in [5.41, 5.74) is 8.78. The number of aliphatic imine (C=N–C) groups is 1. The maximum Gasteiger partial charge on any atom is 0.130 e. The van der Waals surface area contributed by atoms with Gasteiger partial charge in [0.1, 0.15) is 21.6 Å². The SMILES string of the molecule is CC[NH+](CC)CC.COc1ccc(CN)cc1.COc1ccc(CN=C=S)cc1.COc1ccc(CNC(=S)S)cc1. The topological polar surface area (TPSA) is 82.5 Å². The van der Waals surface area contributed by atoms with Crippen LogP contribution in [0.3, 0.4) is 0 Å². The molecule has 0 heterocycles. The van der Waals surface area contributed by atoms with Crippen LogP contribution >= 0.6 is 37.1 Å². The van der Waals surface area contributed by atoms with Crippen molar-refractivity contribution < 1.29 is 19.1 Å². The maximum atomic E-state index is 5.40. The van der Waals surface area contributed by atoms with Gasteiger partial charge >= 0.3 is 0 Å². The van der Waals surface area contributed by atoms with Gasteiger partial charge in [0.2, 0.25) is 0 Å². The minimum absolute atomic E-state index is 0.510. The van der Waals surface area contributed by atoms with Crippen molar-refractivity contribution in [1.82, 2.24) is 5.32 Å². The Morgan fingerprint density at radius 3 is 1.43 bits per heavy atom. The summed E-state index contributed by atoms with van der Waals surface area (Å²) in [6.45, 7) is 12.4. The number of quaternary nitrogens is 1. The number of hydrogen-bond donors (Lipinski definition) is 4. The first-order valence-electron chi connectivity index (χ1n) is 13.7. The Balaban J connectivity index is 0.000000546. The van der Waals surface area contributed by atoms with Crippen LogP contribution in [0.2, 0.25) is 0 Å². The zero-order chi connectivity index (χ0) is 31.6. The van der Waals surface area contributed by atoms with Crippen molar-refractivity contribution >= 4 is 46.5 Å². The molecule has 3 rings (SSSR count). The molecule has 4 N–H and O–H groups in total. The monoisotopic (exact) mass is 631 g/mol. The van der Waals surface area contributed by atoms with E-state index in [4.69, 9.17) is 32.2 Å². The fourth-order valence-electron chi connectivity index (χ4n) is 3.29. The molecule has 3 aromatic carbocycles. The summed E-state index contributed by atoms with van der Waals surface area (Å²) >= 11 is 13.2. The Bertz CT molecular complexity index is 1110. The summed E-state index contributed by atoms with van der Waals surface area (Å²) < 4.78 is 15.5. The molecule has 0 saturated carbocycles. The van der Waals surface area contributed by atoms with Gasteiger partial charge in [-0.25, -0.2) is 4.99 Å². The number of nitrogens with two attached hydrogens (primary N) is 1. The fraction of sp³-hybridized carbons (Fsp3) is 0.375. The number of thiol groups is 1. The second-order valence-electron chi connectivity index (χ2n) is 8.63. The van der Waals surface area contributed by atoms with E-state index in [2.05, 4.69) is 61.1 Å². The predicted octanol–water partition coefficient (Wildman–Crippen LogP) is 5.38. The van der Waals surface area contributed by atoms with Crippen molar-refractivity contribution in [2.45, 2.75) is 40.4 Å². The molecular formula is C32H47N4O3S3+. The number of nitrogens with zero attached hydrogens (tertiary/aromatic N) is 1. The lowest BCUT2D eigenvalue weighted by Gasteiger charge is -2.10. The number of rotatable bonds is 11. The van der Waals surface area contributed by atoms with Crippen molar-refractivity contribution in [1.29, 1.82) is 0 Å². The summed E-state index contributed by atoms with van der Waals surface area (Å²) in [5.74, 6) is 2.58. The summed E-state index contributed by atoms with van der Waals surface area (Å²) in [6, 6.07) is 23.2. The summed E-state index contributed by atoms with van der Waals surface area (Å²) in [4.78, 5) is 5.50. The van der Waals surface area contributed by atoms with Gasteiger partial charge in [-0.05, 0) is 86.1 Å². The van der Waals surface area contributed by atoms with Crippen LogP contribution in [-0.4, -0.2) is 50.4 Å². The molecule has 7 nitrogen and oxygen atoms in total.